The van der Waals surface area contributed by atoms with E-state index in [0.29, 0.717) is 30.6 Å². The molecule has 0 aliphatic heterocycles. The molecule has 0 saturated heterocycles. The van der Waals surface area contributed by atoms with Crippen LogP contribution in [0.4, 0.5) is 0 Å². The number of carbonyl (C=O) groups is 1. The summed E-state index contributed by atoms with van der Waals surface area (Å²) in [5.74, 6) is 2.36. The molecule has 5 nitrogen and oxygen atoms in total. The zero-order chi connectivity index (χ0) is 13.2. The van der Waals surface area contributed by atoms with Crippen molar-refractivity contribution in [2.24, 2.45) is 5.92 Å². The highest BCUT2D eigenvalue weighted by Crippen LogP contribution is 2.38. The van der Waals surface area contributed by atoms with Crippen molar-refractivity contribution in [3.05, 3.63) is 23.9 Å². The third-order valence-electron chi connectivity index (χ3n) is 3.76. The number of hydrogen-bond donors (Lipinski definition) is 0. The molecule has 1 unspecified atom stereocenters. The molecule has 3 rings (SSSR count). The van der Waals surface area contributed by atoms with Crippen LogP contribution in [0.5, 0.6) is 0 Å². The van der Waals surface area contributed by atoms with Crippen LogP contribution in [0.2, 0.25) is 0 Å². The average Bonchev–Trinajstić information content (AvgIpc) is 2.92. The van der Waals surface area contributed by atoms with E-state index in [1.165, 1.54) is 0 Å². The van der Waals surface area contributed by atoms with Gasteiger partial charge in [0.05, 0.1) is 6.54 Å². The Morgan fingerprint density at radius 2 is 2.32 bits per heavy atom. The summed E-state index contributed by atoms with van der Waals surface area (Å²) in [6.45, 7) is 0.436. The molecule has 0 N–H and O–H groups in total. The van der Waals surface area contributed by atoms with Crippen LogP contribution in [-0.4, -0.2) is 28.0 Å². The summed E-state index contributed by atoms with van der Waals surface area (Å²) in [6, 6.07) is 0. The van der Waals surface area contributed by atoms with Crippen LogP contribution < -0.4 is 0 Å². The molecule has 1 aromatic heterocycles. The normalized spacial score (nSPS) is 21.8. The van der Waals surface area contributed by atoms with Crippen molar-refractivity contribution in [3.8, 4) is 0 Å². The fraction of sp³-hybridized carbons (Fsp3) is 0.643. The first-order valence-corrected chi connectivity index (χ1v) is 6.95. The lowest BCUT2D eigenvalue weighted by Gasteiger charge is -2.16. The third-order valence-corrected chi connectivity index (χ3v) is 3.76. The highest BCUT2D eigenvalue weighted by molar-refractivity contribution is 5.76. The van der Waals surface area contributed by atoms with Crippen molar-refractivity contribution in [2.75, 3.05) is 7.05 Å². The van der Waals surface area contributed by atoms with Crippen molar-refractivity contribution in [1.29, 1.82) is 0 Å². The van der Waals surface area contributed by atoms with Gasteiger partial charge in [0.2, 0.25) is 11.8 Å². The molecule has 1 heterocycles. The van der Waals surface area contributed by atoms with E-state index in [0.717, 1.165) is 31.6 Å². The van der Waals surface area contributed by atoms with Gasteiger partial charge >= 0.3 is 0 Å². The van der Waals surface area contributed by atoms with E-state index in [1.54, 1.807) is 11.9 Å². The molecule has 1 amide bonds. The van der Waals surface area contributed by atoms with Gasteiger partial charge in [-0.15, -0.1) is 0 Å². The Kier molecular flexibility index (Phi) is 3.36. The number of hydrogen-bond acceptors (Lipinski definition) is 4. The first-order valence-electron chi connectivity index (χ1n) is 6.95. The summed E-state index contributed by atoms with van der Waals surface area (Å²) in [7, 11) is 1.80. The third kappa shape index (κ3) is 3.03. The zero-order valence-corrected chi connectivity index (χ0v) is 11.2. The van der Waals surface area contributed by atoms with Gasteiger partial charge in [-0.25, -0.2) is 0 Å². The van der Waals surface area contributed by atoms with E-state index in [4.69, 9.17) is 4.52 Å². The number of amides is 1. The van der Waals surface area contributed by atoms with Crippen LogP contribution in [0.1, 0.15) is 49.7 Å². The van der Waals surface area contributed by atoms with E-state index in [2.05, 4.69) is 22.3 Å². The zero-order valence-electron chi connectivity index (χ0n) is 11.2. The SMILES string of the molecule is CN(Cc1noc(C2CC2)n1)C(=O)CC1C=CCC1. The van der Waals surface area contributed by atoms with Crippen molar-refractivity contribution in [1.82, 2.24) is 15.0 Å². The minimum atomic E-state index is 0.148. The molecule has 1 saturated carbocycles. The van der Waals surface area contributed by atoms with Crippen LogP contribution in [0, 0.1) is 5.92 Å². The summed E-state index contributed by atoms with van der Waals surface area (Å²) in [5.41, 5.74) is 0. The maximum atomic E-state index is 12.1. The quantitative estimate of drug-likeness (QED) is 0.763. The maximum Gasteiger partial charge on any atom is 0.229 e. The summed E-state index contributed by atoms with van der Waals surface area (Å²) >= 11 is 0. The molecule has 0 radical (unpaired) electrons. The lowest BCUT2D eigenvalue weighted by Crippen LogP contribution is -2.27. The largest absolute Gasteiger partial charge is 0.339 e. The number of aromatic nitrogens is 2. The number of allylic oxidation sites excluding steroid dienone is 2. The summed E-state index contributed by atoms with van der Waals surface area (Å²) in [6.07, 6.45) is 9.35. The van der Waals surface area contributed by atoms with Gasteiger partial charge in [0.15, 0.2) is 5.82 Å². The summed E-state index contributed by atoms with van der Waals surface area (Å²) in [5, 5.41) is 3.94. The van der Waals surface area contributed by atoms with Gasteiger partial charge in [0, 0.05) is 19.4 Å². The van der Waals surface area contributed by atoms with Crippen LogP contribution in [0.3, 0.4) is 0 Å². The van der Waals surface area contributed by atoms with Gasteiger partial charge < -0.3 is 9.42 Å². The fourth-order valence-corrected chi connectivity index (χ4v) is 2.37. The van der Waals surface area contributed by atoms with Gasteiger partial charge in [-0.3, -0.25) is 4.79 Å². The molecule has 1 aromatic rings. The predicted octanol–water partition coefficient (Wildman–Crippen LogP) is 2.26. The van der Waals surface area contributed by atoms with Crippen molar-refractivity contribution in [3.63, 3.8) is 0 Å². The van der Waals surface area contributed by atoms with E-state index in [1.807, 2.05) is 0 Å². The van der Waals surface area contributed by atoms with E-state index in [9.17, 15) is 4.79 Å². The molecule has 0 spiro atoms. The van der Waals surface area contributed by atoms with Crippen LogP contribution in [-0.2, 0) is 11.3 Å². The molecule has 0 aromatic carbocycles. The van der Waals surface area contributed by atoms with Crippen LogP contribution in [0.15, 0.2) is 16.7 Å². The lowest BCUT2D eigenvalue weighted by atomic mass is 10.0. The number of nitrogens with zero attached hydrogens (tertiary/aromatic N) is 3. The number of carbonyl (C=O) groups excluding carboxylic acids is 1. The Morgan fingerprint density at radius 3 is 3.00 bits per heavy atom. The minimum absolute atomic E-state index is 0.148. The molecule has 19 heavy (non-hydrogen) atoms. The lowest BCUT2D eigenvalue weighted by molar-refractivity contribution is -0.131. The van der Waals surface area contributed by atoms with Crippen molar-refractivity contribution in [2.45, 2.75) is 44.6 Å². The topological polar surface area (TPSA) is 59.2 Å². The second kappa shape index (κ2) is 5.15. The van der Waals surface area contributed by atoms with Crippen molar-refractivity contribution >= 4 is 5.91 Å². The van der Waals surface area contributed by atoms with E-state index < -0.39 is 0 Å². The van der Waals surface area contributed by atoms with Crippen LogP contribution in [0.25, 0.3) is 0 Å². The maximum absolute atomic E-state index is 12.1. The molecule has 0 bridgehead atoms. The average molecular weight is 261 g/mol. The highest BCUT2D eigenvalue weighted by Gasteiger charge is 2.29. The first kappa shape index (κ1) is 12.4. The Labute approximate surface area is 112 Å². The van der Waals surface area contributed by atoms with Gasteiger partial charge in [-0.05, 0) is 31.6 Å². The first-order chi connectivity index (χ1) is 9.22. The Bertz CT molecular complexity index is 491. The molecule has 2 aliphatic carbocycles. The minimum Gasteiger partial charge on any atom is -0.339 e. The highest BCUT2D eigenvalue weighted by atomic mass is 16.5. The van der Waals surface area contributed by atoms with Gasteiger partial charge in [-0.1, -0.05) is 17.3 Å². The Morgan fingerprint density at radius 1 is 1.47 bits per heavy atom. The molecular weight excluding hydrogens is 242 g/mol. The molecular formula is C14H19N3O2. The molecule has 5 heteroatoms. The molecule has 1 fully saturated rings. The Balaban J connectivity index is 1.52. The van der Waals surface area contributed by atoms with Crippen molar-refractivity contribution < 1.29 is 9.32 Å². The standard InChI is InChI=1S/C14H19N3O2/c1-17(13(18)8-10-4-2-3-5-10)9-12-15-14(19-16-12)11-6-7-11/h2,4,10-11H,3,5-9H2,1H3. The number of rotatable bonds is 5. The monoisotopic (exact) mass is 261 g/mol. The second-order valence-corrected chi connectivity index (χ2v) is 5.54. The molecule has 2 aliphatic rings. The fourth-order valence-electron chi connectivity index (χ4n) is 2.37. The summed E-state index contributed by atoms with van der Waals surface area (Å²) < 4.78 is 5.19. The Hall–Kier alpha value is -1.65. The van der Waals surface area contributed by atoms with Gasteiger partial charge in [0.25, 0.3) is 0 Å². The van der Waals surface area contributed by atoms with Gasteiger partial charge in [-0.2, -0.15) is 4.98 Å². The predicted molar refractivity (Wildman–Crippen MR) is 69.2 cm³/mol. The molecule has 102 valence electrons. The molecule has 1 atom stereocenters. The van der Waals surface area contributed by atoms with Crippen LogP contribution >= 0.6 is 0 Å². The van der Waals surface area contributed by atoms with Gasteiger partial charge in [0.1, 0.15) is 0 Å². The smallest absolute Gasteiger partial charge is 0.229 e. The summed E-state index contributed by atoms with van der Waals surface area (Å²) in [4.78, 5) is 18.1. The second-order valence-electron chi connectivity index (χ2n) is 5.54. The van der Waals surface area contributed by atoms with E-state index >= 15 is 0 Å². The van der Waals surface area contributed by atoms with E-state index in [-0.39, 0.29) is 5.91 Å².